The van der Waals surface area contributed by atoms with Crippen LogP contribution in [-0.2, 0) is 39.0 Å². The van der Waals surface area contributed by atoms with Crippen molar-refractivity contribution in [3.05, 3.63) is 126 Å². The number of imide groups is 1. The molecule has 0 aliphatic carbocycles. The van der Waals surface area contributed by atoms with Crippen molar-refractivity contribution in [1.82, 2.24) is 4.90 Å². The van der Waals surface area contributed by atoms with Crippen LogP contribution in [0.3, 0.4) is 0 Å². The van der Waals surface area contributed by atoms with E-state index in [0.29, 0.717) is 28.3 Å². The Morgan fingerprint density at radius 1 is 0.667 bits per heavy atom. The van der Waals surface area contributed by atoms with Crippen LogP contribution in [0.15, 0.2) is 109 Å². The highest BCUT2D eigenvalue weighted by Crippen LogP contribution is 2.54. The molecule has 0 aromatic heterocycles. The number of carboxylic acids is 1. The molecule has 2 amide bonds. The summed E-state index contributed by atoms with van der Waals surface area (Å²) in [6.07, 6.45) is -5.04. The molecule has 300 valence electrons. The molecule has 4 aromatic rings. The number of anilines is 1. The van der Waals surface area contributed by atoms with Crippen molar-refractivity contribution in [2.24, 2.45) is 11.8 Å². The fourth-order valence-electron chi connectivity index (χ4n) is 8.11. The summed E-state index contributed by atoms with van der Waals surface area (Å²) in [6, 6.07) is 32.9. The number of ether oxygens (including phenoxy) is 5. The van der Waals surface area contributed by atoms with Crippen LogP contribution >= 0.6 is 0 Å². The van der Waals surface area contributed by atoms with Crippen LogP contribution in [0.2, 0.25) is 0 Å². The number of fused-ring (bicyclic) bond motifs is 5. The first-order chi connectivity index (χ1) is 27.6. The van der Waals surface area contributed by atoms with Gasteiger partial charge in [0.25, 0.3) is 0 Å². The Bertz CT molecular complexity index is 1930. The van der Waals surface area contributed by atoms with Crippen molar-refractivity contribution in [2.45, 2.75) is 63.6 Å². The molecule has 3 saturated heterocycles. The van der Waals surface area contributed by atoms with Crippen molar-refractivity contribution in [3.8, 4) is 11.5 Å². The molecule has 0 spiro atoms. The normalized spacial score (nSPS) is 22.2. The van der Waals surface area contributed by atoms with Crippen LogP contribution in [0.1, 0.15) is 50.3 Å². The van der Waals surface area contributed by atoms with E-state index in [1.807, 2.05) is 78.9 Å². The van der Waals surface area contributed by atoms with Gasteiger partial charge >= 0.3 is 11.9 Å². The summed E-state index contributed by atoms with van der Waals surface area (Å²) in [7, 11) is 3.15. The van der Waals surface area contributed by atoms with Crippen LogP contribution in [-0.4, -0.2) is 92.0 Å². The number of aliphatic carboxylic acids is 1. The molecular weight excluding hydrogens is 728 g/mol. The van der Waals surface area contributed by atoms with Crippen molar-refractivity contribution < 1.29 is 48.0 Å². The second kappa shape index (κ2) is 18.1. The molecule has 3 fully saturated rings. The second-order valence-corrected chi connectivity index (χ2v) is 14.0. The van der Waals surface area contributed by atoms with Gasteiger partial charge in [-0.2, -0.15) is 0 Å². The average molecular weight is 779 g/mol. The third kappa shape index (κ3) is 8.16. The standard InChI is InChI=1S/C39H35NO10.C6H15N/c1-46-27-17-13-24(14-18-27)39(23-9-5-3-6-10-23,25-15-19-28(47-2)20-16-25)50-36-34-32-31(33(49-34)35(36)48-30(43)22-21-29(41)42)37(44)40(38(32)45)26-11-7-4-8-12-26;1-4-7(5-2)6-3/h3-20,31-36H,21-22H2,1-2H3,(H,41,42);4-6H2,1-3H3. The topological polar surface area (TPSA) is 141 Å². The molecule has 4 aromatic carbocycles. The Hall–Kier alpha value is -5.56. The largest absolute Gasteiger partial charge is 0.497 e. The number of para-hydroxylation sites is 1. The highest BCUT2D eigenvalue weighted by Gasteiger charge is 2.71. The number of esters is 1. The molecule has 6 atom stereocenters. The highest BCUT2D eigenvalue weighted by atomic mass is 16.6. The number of benzene rings is 4. The number of carboxylic acid groups (broad SMARTS) is 1. The van der Waals surface area contributed by atoms with E-state index in [0.717, 1.165) is 5.56 Å². The smallest absolute Gasteiger partial charge is 0.306 e. The van der Waals surface area contributed by atoms with Gasteiger partial charge in [0.2, 0.25) is 11.8 Å². The maximum Gasteiger partial charge on any atom is 0.306 e. The summed E-state index contributed by atoms with van der Waals surface area (Å²) < 4.78 is 30.7. The maximum atomic E-state index is 14.1. The Morgan fingerprint density at radius 2 is 1.12 bits per heavy atom. The first kappa shape index (κ1) is 41.1. The van der Waals surface area contributed by atoms with E-state index in [4.69, 9.17) is 23.7 Å². The van der Waals surface area contributed by atoms with Crippen LogP contribution in [0.25, 0.3) is 0 Å². The zero-order valence-corrected chi connectivity index (χ0v) is 32.9. The van der Waals surface area contributed by atoms with Gasteiger partial charge in [-0.15, -0.1) is 0 Å². The number of hydrogen-bond acceptors (Lipinski definition) is 10. The maximum absolute atomic E-state index is 14.1. The lowest BCUT2D eigenvalue weighted by molar-refractivity contribution is -0.172. The molecule has 0 saturated carbocycles. The molecule has 6 unspecified atom stereocenters. The number of amides is 2. The van der Waals surface area contributed by atoms with Gasteiger partial charge in [-0.25, -0.2) is 4.90 Å². The van der Waals surface area contributed by atoms with E-state index >= 15 is 0 Å². The minimum Gasteiger partial charge on any atom is -0.497 e. The lowest BCUT2D eigenvalue weighted by atomic mass is 9.76. The van der Waals surface area contributed by atoms with E-state index in [1.54, 1.807) is 44.6 Å². The molecule has 3 heterocycles. The van der Waals surface area contributed by atoms with E-state index in [1.165, 1.54) is 24.5 Å². The first-order valence-electron chi connectivity index (χ1n) is 19.4. The third-order valence-corrected chi connectivity index (χ3v) is 11.0. The van der Waals surface area contributed by atoms with Crippen LogP contribution < -0.4 is 14.4 Å². The minimum absolute atomic E-state index is 0.395. The average Bonchev–Trinajstić information content (AvgIpc) is 3.88. The fraction of sp³-hybridized carbons (Fsp3) is 0.378. The van der Waals surface area contributed by atoms with Gasteiger partial charge in [0.05, 0.1) is 44.6 Å². The molecule has 2 bridgehead atoms. The summed E-state index contributed by atoms with van der Waals surface area (Å²) in [6.45, 7) is 10.1. The molecule has 12 heteroatoms. The zero-order chi connectivity index (χ0) is 40.7. The SMILES string of the molecule is CCN(CC)CC.COc1ccc(C(OC2C(OC(=O)CCC(=O)O)C3OC2C2C(=O)N(c4ccccc4)C(=O)C32)(c2ccccc2)c2ccc(OC)cc2)cc1. The van der Waals surface area contributed by atoms with Crippen molar-refractivity contribution in [2.75, 3.05) is 38.8 Å². The molecule has 7 rings (SSSR count). The second-order valence-electron chi connectivity index (χ2n) is 14.0. The Balaban J connectivity index is 0.000000719. The molecular formula is C45H50N2O10. The molecule has 3 aliphatic heterocycles. The van der Waals surface area contributed by atoms with E-state index in [9.17, 15) is 24.3 Å². The Labute approximate surface area is 333 Å². The summed E-state index contributed by atoms with van der Waals surface area (Å²) >= 11 is 0. The number of methoxy groups -OCH3 is 2. The van der Waals surface area contributed by atoms with E-state index < -0.39 is 78.4 Å². The number of hydrogen-bond donors (Lipinski definition) is 1. The number of carbonyl (C=O) groups is 4. The van der Waals surface area contributed by atoms with Gasteiger partial charge in [-0.3, -0.25) is 19.2 Å². The van der Waals surface area contributed by atoms with E-state index in [-0.39, 0.29) is 0 Å². The summed E-state index contributed by atoms with van der Waals surface area (Å²) in [5.74, 6) is -3.42. The zero-order valence-electron chi connectivity index (χ0n) is 32.9. The summed E-state index contributed by atoms with van der Waals surface area (Å²) in [5.41, 5.74) is 1.18. The first-order valence-corrected chi connectivity index (χ1v) is 19.4. The minimum atomic E-state index is -1.37. The third-order valence-electron chi connectivity index (χ3n) is 11.0. The lowest BCUT2D eigenvalue weighted by Crippen LogP contribution is -2.54. The molecule has 12 nitrogen and oxygen atoms in total. The molecule has 57 heavy (non-hydrogen) atoms. The Morgan fingerprint density at radius 3 is 1.56 bits per heavy atom. The van der Waals surface area contributed by atoms with Gasteiger partial charge in [0.15, 0.2) is 6.10 Å². The van der Waals surface area contributed by atoms with Crippen LogP contribution in [0.4, 0.5) is 5.69 Å². The fourth-order valence-corrected chi connectivity index (χ4v) is 8.11. The van der Waals surface area contributed by atoms with Gasteiger partial charge in [0, 0.05) is 0 Å². The predicted molar refractivity (Wildman–Crippen MR) is 212 cm³/mol. The molecule has 1 N–H and O–H groups in total. The molecule has 3 aliphatic rings. The number of rotatable bonds is 15. The lowest BCUT2D eigenvalue weighted by Gasteiger charge is -2.42. The Kier molecular flexibility index (Phi) is 13.1. The predicted octanol–water partition coefficient (Wildman–Crippen LogP) is 6.09. The summed E-state index contributed by atoms with van der Waals surface area (Å²) in [4.78, 5) is 56.1. The monoisotopic (exact) mass is 778 g/mol. The molecule has 0 radical (unpaired) electrons. The van der Waals surface area contributed by atoms with Crippen LogP contribution in [0, 0.1) is 11.8 Å². The van der Waals surface area contributed by atoms with Crippen molar-refractivity contribution in [3.63, 3.8) is 0 Å². The quantitative estimate of drug-likeness (QED) is 0.0852. The van der Waals surface area contributed by atoms with Gasteiger partial charge < -0.3 is 33.7 Å². The van der Waals surface area contributed by atoms with Crippen molar-refractivity contribution >= 4 is 29.4 Å². The number of nitrogens with zero attached hydrogens (tertiary/aromatic N) is 2. The van der Waals surface area contributed by atoms with Crippen molar-refractivity contribution in [1.29, 1.82) is 0 Å². The highest BCUT2D eigenvalue weighted by molar-refractivity contribution is 6.23. The van der Waals surface area contributed by atoms with Gasteiger partial charge in [-0.1, -0.05) is 93.6 Å². The number of carbonyl (C=O) groups excluding carboxylic acids is 3. The summed E-state index contributed by atoms with van der Waals surface area (Å²) in [5, 5.41) is 9.25. The van der Waals surface area contributed by atoms with E-state index in [2.05, 4.69) is 25.7 Å². The van der Waals surface area contributed by atoms with Gasteiger partial charge in [0.1, 0.15) is 35.4 Å². The van der Waals surface area contributed by atoms with Crippen LogP contribution in [0.5, 0.6) is 11.5 Å². The van der Waals surface area contributed by atoms with Gasteiger partial charge in [-0.05, 0) is 72.7 Å².